The molecule has 1 aliphatic rings. The van der Waals surface area contributed by atoms with Gasteiger partial charge in [0.2, 0.25) is 5.91 Å². The Kier molecular flexibility index (Phi) is 3.89. The largest absolute Gasteiger partial charge is 0.464 e. The predicted octanol–water partition coefficient (Wildman–Crippen LogP) is 2.96. The molecule has 1 aliphatic carbocycles. The van der Waals surface area contributed by atoms with E-state index in [-0.39, 0.29) is 18.4 Å². The monoisotopic (exact) mass is 291 g/mol. The number of furan rings is 1. The number of hydrogen-bond acceptors (Lipinski definition) is 4. The molecule has 1 amide bonds. The molecule has 2 aromatic heterocycles. The smallest absolute Gasteiger partial charge is 0.223 e. The minimum Gasteiger partial charge on any atom is -0.464 e. The van der Waals surface area contributed by atoms with Crippen LogP contribution in [0, 0.1) is 5.92 Å². The van der Waals surface area contributed by atoms with Crippen molar-refractivity contribution in [3.05, 3.63) is 34.7 Å². The van der Waals surface area contributed by atoms with E-state index >= 15 is 0 Å². The molecule has 1 unspecified atom stereocenters. The van der Waals surface area contributed by atoms with Gasteiger partial charge in [-0.25, -0.2) is 0 Å². The van der Waals surface area contributed by atoms with Gasteiger partial charge in [0.1, 0.15) is 11.9 Å². The normalized spacial score (nSPS) is 16.6. The highest BCUT2D eigenvalue weighted by molar-refractivity contribution is 7.10. The standard InChI is InChI=1S/C15H17NO3S/c17-12(8-16-15(18)10-3-1-4-10)14-7-11(9-20-14)13-5-2-6-19-13/h2,5-7,9-10,12,17H,1,3-4,8H2,(H,16,18). The number of carbonyl (C=O) groups excluding carboxylic acids is 1. The number of nitrogens with one attached hydrogen (secondary N) is 1. The van der Waals surface area contributed by atoms with Crippen molar-refractivity contribution in [1.82, 2.24) is 5.32 Å². The third-order valence-electron chi connectivity index (χ3n) is 3.70. The minimum atomic E-state index is -0.660. The highest BCUT2D eigenvalue weighted by Gasteiger charge is 2.25. The Morgan fingerprint density at radius 1 is 1.55 bits per heavy atom. The van der Waals surface area contributed by atoms with Crippen LogP contribution < -0.4 is 5.32 Å². The molecule has 3 rings (SSSR count). The SMILES string of the molecule is O=C(NCC(O)c1cc(-c2ccco2)cs1)C1CCC1. The van der Waals surface area contributed by atoms with Crippen LogP contribution in [-0.2, 0) is 4.79 Å². The van der Waals surface area contributed by atoms with Crippen LogP contribution in [0.2, 0.25) is 0 Å². The van der Waals surface area contributed by atoms with E-state index in [2.05, 4.69) is 5.32 Å². The Balaban J connectivity index is 1.57. The Hall–Kier alpha value is -1.59. The number of hydrogen-bond donors (Lipinski definition) is 2. The molecule has 0 radical (unpaired) electrons. The first-order chi connectivity index (χ1) is 9.74. The van der Waals surface area contributed by atoms with Crippen LogP contribution >= 0.6 is 11.3 Å². The summed E-state index contributed by atoms with van der Waals surface area (Å²) in [6, 6.07) is 5.63. The number of carbonyl (C=O) groups is 1. The summed E-state index contributed by atoms with van der Waals surface area (Å²) in [6.07, 6.45) is 4.06. The fraction of sp³-hybridized carbons (Fsp3) is 0.400. The maximum absolute atomic E-state index is 11.7. The second-order valence-electron chi connectivity index (χ2n) is 5.10. The number of aliphatic hydroxyl groups excluding tert-OH is 1. The van der Waals surface area contributed by atoms with Crippen molar-refractivity contribution in [3.8, 4) is 11.3 Å². The van der Waals surface area contributed by atoms with Gasteiger partial charge in [0.25, 0.3) is 0 Å². The van der Waals surface area contributed by atoms with Gasteiger partial charge < -0.3 is 14.8 Å². The number of rotatable bonds is 5. The predicted molar refractivity (Wildman–Crippen MR) is 77.3 cm³/mol. The molecule has 1 fully saturated rings. The van der Waals surface area contributed by atoms with Gasteiger partial charge in [0, 0.05) is 28.3 Å². The molecular weight excluding hydrogens is 274 g/mol. The molecular formula is C15H17NO3S. The van der Waals surface area contributed by atoms with Crippen molar-refractivity contribution >= 4 is 17.2 Å². The highest BCUT2D eigenvalue weighted by atomic mass is 32.1. The maximum Gasteiger partial charge on any atom is 0.223 e. The van der Waals surface area contributed by atoms with E-state index in [1.54, 1.807) is 6.26 Å². The fourth-order valence-electron chi connectivity index (χ4n) is 2.21. The van der Waals surface area contributed by atoms with E-state index in [9.17, 15) is 9.90 Å². The third-order valence-corrected chi connectivity index (χ3v) is 4.73. The lowest BCUT2D eigenvalue weighted by Crippen LogP contribution is -2.36. The van der Waals surface area contributed by atoms with Crippen LogP contribution in [0.15, 0.2) is 34.3 Å². The molecule has 1 saturated carbocycles. The van der Waals surface area contributed by atoms with Gasteiger partial charge in [-0.15, -0.1) is 11.3 Å². The van der Waals surface area contributed by atoms with Gasteiger partial charge in [-0.05, 0) is 31.0 Å². The molecule has 2 N–H and O–H groups in total. The lowest BCUT2D eigenvalue weighted by atomic mass is 9.85. The van der Waals surface area contributed by atoms with E-state index in [1.165, 1.54) is 11.3 Å². The molecule has 0 aliphatic heterocycles. The molecule has 0 aromatic carbocycles. The van der Waals surface area contributed by atoms with Gasteiger partial charge in [-0.1, -0.05) is 6.42 Å². The van der Waals surface area contributed by atoms with Crippen molar-refractivity contribution < 1.29 is 14.3 Å². The molecule has 106 valence electrons. The van der Waals surface area contributed by atoms with Gasteiger partial charge >= 0.3 is 0 Å². The second-order valence-corrected chi connectivity index (χ2v) is 6.05. The third kappa shape index (κ3) is 2.78. The van der Waals surface area contributed by atoms with E-state index in [0.717, 1.165) is 35.5 Å². The van der Waals surface area contributed by atoms with Crippen molar-refractivity contribution in [2.45, 2.75) is 25.4 Å². The average molecular weight is 291 g/mol. The second kappa shape index (κ2) is 5.81. The molecule has 2 heterocycles. The first kappa shape index (κ1) is 13.4. The quantitative estimate of drug-likeness (QED) is 0.890. The van der Waals surface area contributed by atoms with Crippen LogP contribution in [0.3, 0.4) is 0 Å². The number of aliphatic hydroxyl groups is 1. The van der Waals surface area contributed by atoms with E-state index in [4.69, 9.17) is 4.42 Å². The molecule has 2 aromatic rings. The van der Waals surface area contributed by atoms with Crippen molar-refractivity contribution in [2.24, 2.45) is 5.92 Å². The summed E-state index contributed by atoms with van der Waals surface area (Å²) < 4.78 is 5.32. The molecule has 1 atom stereocenters. The topological polar surface area (TPSA) is 62.5 Å². The van der Waals surface area contributed by atoms with E-state index in [0.29, 0.717) is 0 Å². The molecule has 0 bridgehead atoms. The van der Waals surface area contributed by atoms with Crippen LogP contribution in [0.1, 0.15) is 30.2 Å². The summed E-state index contributed by atoms with van der Waals surface area (Å²) in [7, 11) is 0. The highest BCUT2D eigenvalue weighted by Crippen LogP contribution is 2.30. The Morgan fingerprint density at radius 3 is 3.05 bits per heavy atom. The zero-order valence-electron chi connectivity index (χ0n) is 11.0. The maximum atomic E-state index is 11.7. The van der Waals surface area contributed by atoms with Gasteiger partial charge in [-0.2, -0.15) is 0 Å². The zero-order valence-corrected chi connectivity index (χ0v) is 11.9. The Labute approximate surface area is 121 Å². The summed E-state index contributed by atoms with van der Waals surface area (Å²) in [5.41, 5.74) is 0.958. The van der Waals surface area contributed by atoms with E-state index in [1.807, 2.05) is 23.6 Å². The first-order valence-electron chi connectivity index (χ1n) is 6.82. The molecule has 0 spiro atoms. The molecule has 4 nitrogen and oxygen atoms in total. The summed E-state index contributed by atoms with van der Waals surface area (Å²) in [4.78, 5) is 12.6. The zero-order chi connectivity index (χ0) is 13.9. The Bertz CT molecular complexity index is 572. The average Bonchev–Trinajstić information content (AvgIpc) is 3.03. The number of amides is 1. The molecule has 20 heavy (non-hydrogen) atoms. The van der Waals surface area contributed by atoms with Crippen molar-refractivity contribution in [1.29, 1.82) is 0 Å². The van der Waals surface area contributed by atoms with Crippen LogP contribution in [0.4, 0.5) is 0 Å². The lowest BCUT2D eigenvalue weighted by molar-refractivity contribution is -0.127. The van der Waals surface area contributed by atoms with Crippen LogP contribution in [-0.4, -0.2) is 17.6 Å². The lowest BCUT2D eigenvalue weighted by Gasteiger charge is -2.24. The van der Waals surface area contributed by atoms with Gasteiger partial charge in [-0.3, -0.25) is 4.79 Å². The van der Waals surface area contributed by atoms with Crippen LogP contribution in [0.25, 0.3) is 11.3 Å². The summed E-state index contributed by atoms with van der Waals surface area (Å²) >= 11 is 1.47. The fourth-order valence-corrected chi connectivity index (χ4v) is 3.09. The Morgan fingerprint density at radius 2 is 2.40 bits per heavy atom. The summed E-state index contributed by atoms with van der Waals surface area (Å²) in [5.74, 6) is 1.01. The molecule has 5 heteroatoms. The van der Waals surface area contributed by atoms with Crippen molar-refractivity contribution in [3.63, 3.8) is 0 Å². The van der Waals surface area contributed by atoms with Gasteiger partial charge in [0.05, 0.1) is 6.26 Å². The molecule has 0 saturated heterocycles. The summed E-state index contributed by atoms with van der Waals surface area (Å²) in [6.45, 7) is 0.271. The minimum absolute atomic E-state index is 0.0677. The van der Waals surface area contributed by atoms with Crippen LogP contribution in [0.5, 0.6) is 0 Å². The van der Waals surface area contributed by atoms with Crippen molar-refractivity contribution in [2.75, 3.05) is 6.54 Å². The number of thiophene rings is 1. The first-order valence-corrected chi connectivity index (χ1v) is 7.70. The van der Waals surface area contributed by atoms with E-state index < -0.39 is 6.10 Å². The van der Waals surface area contributed by atoms with Gasteiger partial charge in [0.15, 0.2) is 0 Å². The summed E-state index contributed by atoms with van der Waals surface area (Å²) in [5, 5.41) is 14.9.